The Morgan fingerprint density at radius 2 is 1.68 bits per heavy atom. The molecule has 0 radical (unpaired) electrons. The zero-order valence-electron chi connectivity index (χ0n) is 14.8. The van der Waals surface area contributed by atoms with Gasteiger partial charge in [0.1, 0.15) is 6.10 Å². The molecule has 0 fully saturated rings. The quantitative estimate of drug-likeness (QED) is 0.771. The standard InChI is InChI=1S/C17H15NO2.C4H10O/c18-12-6-10-13-7-4-5-11-15(13)17(20)16(19)14-8-2-1-3-9-14;1-3-5-4-2/h1-5,7-9,11,16,19H,6,10H2;3-4H2,1-2H3. The third-order valence-electron chi connectivity index (χ3n) is 3.56. The molecule has 1 atom stereocenters. The average molecular weight is 339 g/mol. The summed E-state index contributed by atoms with van der Waals surface area (Å²) in [7, 11) is 0. The van der Waals surface area contributed by atoms with Gasteiger partial charge in [0.05, 0.1) is 6.07 Å². The zero-order valence-corrected chi connectivity index (χ0v) is 14.8. The van der Waals surface area contributed by atoms with Crippen molar-refractivity contribution in [2.45, 2.75) is 32.8 Å². The maximum Gasteiger partial charge on any atom is 0.196 e. The first kappa shape index (κ1) is 20.6. The Kier molecular flexibility index (Phi) is 9.84. The van der Waals surface area contributed by atoms with Crippen LogP contribution in [0.3, 0.4) is 0 Å². The molecule has 0 bridgehead atoms. The van der Waals surface area contributed by atoms with Crippen molar-refractivity contribution in [3.05, 3.63) is 71.3 Å². The van der Waals surface area contributed by atoms with Crippen LogP contribution in [-0.2, 0) is 11.2 Å². The molecule has 0 spiro atoms. The first-order valence-electron chi connectivity index (χ1n) is 8.45. The first-order chi connectivity index (χ1) is 12.2. The SMILES string of the molecule is CCOCC.N#CCCc1ccccc1C(=O)C(O)c1ccccc1. The van der Waals surface area contributed by atoms with Gasteiger partial charge in [0.25, 0.3) is 0 Å². The summed E-state index contributed by atoms with van der Waals surface area (Å²) in [4.78, 5) is 12.4. The van der Waals surface area contributed by atoms with E-state index >= 15 is 0 Å². The van der Waals surface area contributed by atoms with Crippen LogP contribution in [0.25, 0.3) is 0 Å². The van der Waals surface area contributed by atoms with Crippen LogP contribution in [-0.4, -0.2) is 24.1 Å². The van der Waals surface area contributed by atoms with Crippen molar-refractivity contribution < 1.29 is 14.6 Å². The molecule has 0 saturated carbocycles. The third-order valence-corrected chi connectivity index (χ3v) is 3.56. The van der Waals surface area contributed by atoms with Gasteiger partial charge in [-0.2, -0.15) is 5.26 Å². The molecule has 0 aliphatic heterocycles. The number of ether oxygens (including phenoxy) is 1. The molecule has 2 aromatic carbocycles. The largest absolute Gasteiger partial charge is 0.382 e. The van der Waals surface area contributed by atoms with Crippen LogP contribution in [0.4, 0.5) is 0 Å². The summed E-state index contributed by atoms with van der Waals surface area (Å²) in [6, 6.07) is 18.0. The van der Waals surface area contributed by atoms with E-state index in [1.807, 2.05) is 32.0 Å². The number of Topliss-reactive ketones (excluding diaryl/α,β-unsaturated/α-hetero) is 1. The van der Waals surface area contributed by atoms with Crippen LogP contribution in [0.1, 0.15) is 47.9 Å². The fraction of sp³-hybridized carbons (Fsp3) is 0.333. The van der Waals surface area contributed by atoms with E-state index < -0.39 is 6.10 Å². The maximum atomic E-state index is 12.4. The van der Waals surface area contributed by atoms with E-state index in [1.165, 1.54) is 0 Å². The molecule has 2 aromatic rings. The summed E-state index contributed by atoms with van der Waals surface area (Å²) in [5, 5.41) is 18.8. The monoisotopic (exact) mass is 339 g/mol. The van der Waals surface area contributed by atoms with Crippen LogP contribution in [0.2, 0.25) is 0 Å². The van der Waals surface area contributed by atoms with Crippen molar-refractivity contribution in [3.63, 3.8) is 0 Å². The molecule has 0 amide bonds. The minimum Gasteiger partial charge on any atom is -0.382 e. The van der Waals surface area contributed by atoms with Gasteiger partial charge in [0, 0.05) is 25.2 Å². The maximum absolute atomic E-state index is 12.4. The summed E-state index contributed by atoms with van der Waals surface area (Å²) >= 11 is 0. The fourth-order valence-electron chi connectivity index (χ4n) is 2.31. The number of hydrogen-bond acceptors (Lipinski definition) is 4. The summed E-state index contributed by atoms with van der Waals surface area (Å²) in [5.74, 6) is -0.329. The van der Waals surface area contributed by atoms with Gasteiger partial charge in [-0.05, 0) is 31.4 Å². The van der Waals surface area contributed by atoms with E-state index in [1.54, 1.807) is 36.4 Å². The number of carbonyl (C=O) groups excluding carboxylic acids is 1. The normalized spacial score (nSPS) is 11.0. The molecular weight excluding hydrogens is 314 g/mol. The number of benzene rings is 2. The van der Waals surface area contributed by atoms with E-state index in [9.17, 15) is 9.90 Å². The van der Waals surface area contributed by atoms with Gasteiger partial charge in [-0.25, -0.2) is 0 Å². The highest BCUT2D eigenvalue weighted by Crippen LogP contribution is 2.21. The first-order valence-corrected chi connectivity index (χ1v) is 8.45. The molecule has 0 aliphatic rings. The van der Waals surface area contributed by atoms with Gasteiger partial charge in [0.2, 0.25) is 0 Å². The van der Waals surface area contributed by atoms with Crippen LogP contribution < -0.4 is 0 Å². The molecule has 1 unspecified atom stereocenters. The van der Waals surface area contributed by atoms with Crippen molar-refractivity contribution in [2.24, 2.45) is 0 Å². The number of ketones is 1. The minimum atomic E-state index is -1.17. The van der Waals surface area contributed by atoms with Gasteiger partial charge in [0.15, 0.2) is 5.78 Å². The summed E-state index contributed by atoms with van der Waals surface area (Å²) in [6.45, 7) is 5.67. The number of aliphatic hydroxyl groups is 1. The van der Waals surface area contributed by atoms with Crippen molar-refractivity contribution in [3.8, 4) is 6.07 Å². The van der Waals surface area contributed by atoms with E-state index in [-0.39, 0.29) is 5.78 Å². The second kappa shape index (κ2) is 12.0. The van der Waals surface area contributed by atoms with Gasteiger partial charge in [-0.3, -0.25) is 4.79 Å². The van der Waals surface area contributed by atoms with Crippen LogP contribution >= 0.6 is 0 Å². The number of aliphatic hydroxyl groups excluding tert-OH is 1. The number of nitrogens with zero attached hydrogens (tertiary/aromatic N) is 1. The lowest BCUT2D eigenvalue weighted by Crippen LogP contribution is -2.14. The lowest BCUT2D eigenvalue weighted by atomic mass is 9.94. The second-order valence-corrected chi connectivity index (χ2v) is 5.27. The fourth-order valence-corrected chi connectivity index (χ4v) is 2.31. The highest BCUT2D eigenvalue weighted by molar-refractivity contribution is 6.01. The number of nitriles is 1. The van der Waals surface area contributed by atoms with Crippen LogP contribution in [0.5, 0.6) is 0 Å². The molecule has 25 heavy (non-hydrogen) atoms. The van der Waals surface area contributed by atoms with Crippen molar-refractivity contribution in [1.29, 1.82) is 5.26 Å². The highest BCUT2D eigenvalue weighted by Gasteiger charge is 2.21. The summed E-state index contributed by atoms with van der Waals surface area (Å²) in [5.41, 5.74) is 1.86. The summed E-state index contributed by atoms with van der Waals surface area (Å²) < 4.78 is 4.83. The Balaban J connectivity index is 0.000000550. The smallest absolute Gasteiger partial charge is 0.196 e. The molecular formula is C21H25NO3. The Bertz CT molecular complexity index is 675. The third kappa shape index (κ3) is 6.88. The average Bonchev–Trinajstić information content (AvgIpc) is 2.67. The summed E-state index contributed by atoms with van der Waals surface area (Å²) in [6.07, 6.45) is -0.300. The van der Waals surface area contributed by atoms with Crippen molar-refractivity contribution in [1.82, 2.24) is 0 Å². The number of rotatable bonds is 7. The van der Waals surface area contributed by atoms with Crippen molar-refractivity contribution >= 4 is 5.78 Å². The van der Waals surface area contributed by atoms with Crippen LogP contribution in [0, 0.1) is 11.3 Å². The topological polar surface area (TPSA) is 70.3 Å². The van der Waals surface area contributed by atoms with Gasteiger partial charge in [-0.1, -0.05) is 54.6 Å². The van der Waals surface area contributed by atoms with Gasteiger partial charge < -0.3 is 9.84 Å². The number of hydrogen-bond donors (Lipinski definition) is 1. The molecule has 1 N–H and O–H groups in total. The van der Waals surface area contributed by atoms with E-state index in [0.717, 1.165) is 18.8 Å². The lowest BCUT2D eigenvalue weighted by molar-refractivity contribution is 0.0746. The Hall–Kier alpha value is -2.48. The van der Waals surface area contributed by atoms with Crippen molar-refractivity contribution in [2.75, 3.05) is 13.2 Å². The lowest BCUT2D eigenvalue weighted by Gasteiger charge is -2.12. The van der Waals surface area contributed by atoms with Gasteiger partial charge >= 0.3 is 0 Å². The molecule has 0 saturated heterocycles. The molecule has 0 heterocycles. The van der Waals surface area contributed by atoms with Gasteiger partial charge in [-0.15, -0.1) is 0 Å². The van der Waals surface area contributed by atoms with Crippen LogP contribution in [0.15, 0.2) is 54.6 Å². The van der Waals surface area contributed by atoms with E-state index in [4.69, 9.17) is 10.00 Å². The second-order valence-electron chi connectivity index (χ2n) is 5.27. The Morgan fingerprint density at radius 1 is 1.08 bits per heavy atom. The highest BCUT2D eigenvalue weighted by atomic mass is 16.5. The molecule has 132 valence electrons. The number of carbonyl (C=O) groups is 1. The molecule has 2 rings (SSSR count). The molecule has 4 nitrogen and oxygen atoms in total. The predicted molar refractivity (Wildman–Crippen MR) is 98.3 cm³/mol. The zero-order chi connectivity index (χ0) is 18.5. The van der Waals surface area contributed by atoms with E-state index in [0.29, 0.717) is 24.0 Å². The van der Waals surface area contributed by atoms with E-state index in [2.05, 4.69) is 6.07 Å². The molecule has 4 heteroatoms. The number of aryl methyl sites for hydroxylation is 1. The predicted octanol–water partition coefficient (Wildman–Crippen LogP) is 4.10. The Labute approximate surface area is 149 Å². The Morgan fingerprint density at radius 3 is 2.24 bits per heavy atom. The molecule has 0 aliphatic carbocycles. The molecule has 0 aromatic heterocycles. The minimum absolute atomic E-state index is 0.329.